The highest BCUT2D eigenvalue weighted by Gasteiger charge is 2.40. The van der Waals surface area contributed by atoms with Crippen molar-refractivity contribution < 1.29 is 49.9 Å². The molecule has 8 rings (SSSR count). The van der Waals surface area contributed by atoms with Crippen LogP contribution in [0.3, 0.4) is 0 Å². The van der Waals surface area contributed by atoms with Crippen molar-refractivity contribution in [2.24, 2.45) is 5.92 Å². The lowest BCUT2D eigenvalue weighted by Gasteiger charge is -2.39. The number of ether oxygens (including phenoxy) is 1. The first-order chi connectivity index (χ1) is 28.4. The van der Waals surface area contributed by atoms with E-state index >= 15 is 0 Å². The molecular formula is C44H50N3O11S2+. The van der Waals surface area contributed by atoms with Crippen LogP contribution < -0.4 is 20.1 Å². The summed E-state index contributed by atoms with van der Waals surface area (Å²) in [5, 5.41) is 1.83. The van der Waals surface area contributed by atoms with Gasteiger partial charge in [0.2, 0.25) is 11.5 Å². The van der Waals surface area contributed by atoms with Crippen molar-refractivity contribution in [3.05, 3.63) is 98.1 Å². The summed E-state index contributed by atoms with van der Waals surface area (Å²) in [6.07, 6.45) is 2.52. The van der Waals surface area contributed by atoms with Crippen molar-refractivity contribution in [3.63, 3.8) is 0 Å². The molecule has 3 aromatic carbocycles. The topological polar surface area (TPSA) is 196 Å². The van der Waals surface area contributed by atoms with Gasteiger partial charge in [-0.25, -0.2) is 4.58 Å². The number of hydrogen-bond acceptors (Lipinski definition) is 10. The fraction of sp³-hybridized carbons (Fsp3) is 0.477. The monoisotopic (exact) mass is 860 g/mol. The van der Waals surface area contributed by atoms with Crippen molar-refractivity contribution in [2.45, 2.75) is 76.7 Å². The van der Waals surface area contributed by atoms with Crippen molar-refractivity contribution >= 4 is 54.9 Å². The molecular weight excluding hydrogens is 811 g/mol. The molecule has 1 saturated carbocycles. The quantitative estimate of drug-likeness (QED) is 0.131. The number of carbonyl (C=O) groups is 4. The number of rotatable bonds is 10. The number of esters is 1. The highest BCUT2D eigenvalue weighted by Crippen LogP contribution is 2.45. The molecule has 3 aromatic rings. The smallest absolute Gasteiger partial charge is 0.310 e. The second-order valence-corrected chi connectivity index (χ2v) is 20.3. The van der Waals surface area contributed by atoms with Gasteiger partial charge < -0.3 is 14.5 Å². The van der Waals surface area contributed by atoms with Crippen LogP contribution in [0.4, 0.5) is 5.69 Å². The molecule has 318 valence electrons. The van der Waals surface area contributed by atoms with Crippen molar-refractivity contribution in [1.29, 1.82) is 0 Å². The van der Waals surface area contributed by atoms with E-state index in [1.54, 1.807) is 4.90 Å². The Morgan fingerprint density at radius 2 is 1.50 bits per heavy atom. The van der Waals surface area contributed by atoms with Crippen molar-refractivity contribution in [3.8, 4) is 0 Å². The molecule has 16 heteroatoms. The molecule has 0 radical (unpaired) electrons. The number of benzene rings is 3. The Kier molecular flexibility index (Phi) is 11.1. The Bertz CT molecular complexity index is 2670. The third kappa shape index (κ3) is 8.18. The predicted octanol–water partition coefficient (Wildman–Crippen LogP) is 2.23. The van der Waals surface area contributed by atoms with Gasteiger partial charge in [0.15, 0.2) is 18.1 Å². The van der Waals surface area contributed by atoms with Crippen LogP contribution in [0.1, 0.15) is 96.1 Å². The molecule has 14 nitrogen and oxygen atoms in total. The lowest BCUT2D eigenvalue weighted by atomic mass is 9.67. The van der Waals surface area contributed by atoms with E-state index in [1.165, 1.54) is 0 Å². The van der Waals surface area contributed by atoms with E-state index in [4.69, 9.17) is 4.74 Å². The fourth-order valence-corrected chi connectivity index (χ4v) is 10.7. The molecule has 3 heterocycles. The number of anilines is 1. The van der Waals surface area contributed by atoms with Crippen LogP contribution in [0.15, 0.2) is 48.5 Å². The van der Waals surface area contributed by atoms with Gasteiger partial charge >= 0.3 is 5.97 Å². The zero-order chi connectivity index (χ0) is 42.7. The Balaban J connectivity index is 1.24. The van der Waals surface area contributed by atoms with E-state index in [2.05, 4.69) is 38.1 Å². The van der Waals surface area contributed by atoms with E-state index in [-0.39, 0.29) is 56.5 Å². The molecule has 0 aromatic heterocycles. The van der Waals surface area contributed by atoms with E-state index in [0.29, 0.717) is 31.5 Å². The van der Waals surface area contributed by atoms with Gasteiger partial charge in [0.25, 0.3) is 26.1 Å². The van der Waals surface area contributed by atoms with Crippen molar-refractivity contribution in [1.82, 2.24) is 9.48 Å². The summed E-state index contributed by atoms with van der Waals surface area (Å²) in [5.74, 6) is -2.93. The first-order valence-corrected chi connectivity index (χ1v) is 23.9. The minimum atomic E-state index is -4.21. The normalized spacial score (nSPS) is 19.5. The molecule has 60 heavy (non-hydrogen) atoms. The molecule has 0 bridgehead atoms. The van der Waals surface area contributed by atoms with Gasteiger partial charge in [-0.1, -0.05) is 32.0 Å². The maximum Gasteiger partial charge on any atom is 0.310 e. The number of piperidine rings is 1. The maximum absolute atomic E-state index is 14.7. The summed E-state index contributed by atoms with van der Waals surface area (Å²) < 4.78 is 74.0. The second kappa shape index (κ2) is 15.9. The predicted molar refractivity (Wildman–Crippen MR) is 223 cm³/mol. The van der Waals surface area contributed by atoms with Gasteiger partial charge in [-0.2, -0.15) is 16.8 Å². The number of ketones is 2. The van der Waals surface area contributed by atoms with Crippen LogP contribution in [0, 0.1) is 5.92 Å². The lowest BCUT2D eigenvalue weighted by molar-refractivity contribution is -0.162. The summed E-state index contributed by atoms with van der Waals surface area (Å²) in [4.78, 5) is 55.7. The average Bonchev–Trinajstić information content (AvgIpc) is 3.52. The molecule has 5 aliphatic rings. The minimum Gasteiger partial charge on any atom is -0.446 e. The van der Waals surface area contributed by atoms with Crippen LogP contribution in [0.25, 0.3) is 5.57 Å². The Morgan fingerprint density at radius 1 is 0.817 bits per heavy atom. The zero-order valence-electron chi connectivity index (χ0n) is 33.8. The van der Waals surface area contributed by atoms with Crippen molar-refractivity contribution in [2.75, 3.05) is 55.7 Å². The van der Waals surface area contributed by atoms with E-state index in [0.717, 1.165) is 80.9 Å². The minimum absolute atomic E-state index is 0.0739. The Labute approximate surface area is 349 Å². The third-order valence-corrected chi connectivity index (χ3v) is 14.4. The summed E-state index contributed by atoms with van der Waals surface area (Å²) in [6.45, 7) is 6.28. The van der Waals surface area contributed by atoms with E-state index in [9.17, 15) is 45.1 Å². The summed E-state index contributed by atoms with van der Waals surface area (Å²) in [5.41, 5.74) is 7.25. The van der Waals surface area contributed by atoms with E-state index < -0.39 is 55.1 Å². The first kappa shape index (κ1) is 41.9. The van der Waals surface area contributed by atoms with Gasteiger partial charge in [0.05, 0.1) is 11.7 Å². The van der Waals surface area contributed by atoms with Gasteiger partial charge in [0, 0.05) is 73.7 Å². The second-order valence-electron chi connectivity index (χ2n) is 17.2. The highest BCUT2D eigenvalue weighted by molar-refractivity contribution is 7.86. The molecule has 0 atom stereocenters. The Hall–Kier alpha value is -4.77. The van der Waals surface area contributed by atoms with Crippen LogP contribution in [0.5, 0.6) is 0 Å². The number of amides is 1. The molecule has 3 aliphatic heterocycles. The maximum atomic E-state index is 14.7. The Morgan fingerprint density at radius 3 is 2.20 bits per heavy atom. The zero-order valence-corrected chi connectivity index (χ0v) is 35.4. The number of Topliss-reactive ketones (excluding diaryl/α,β-unsaturated/α-hetero) is 2. The largest absolute Gasteiger partial charge is 0.446 e. The molecule has 2 fully saturated rings. The molecule has 0 unspecified atom stereocenters. The lowest BCUT2D eigenvalue weighted by Crippen LogP contribution is -2.44. The van der Waals surface area contributed by atoms with Crippen LogP contribution >= 0.6 is 0 Å². The van der Waals surface area contributed by atoms with Crippen LogP contribution in [-0.2, 0) is 57.6 Å². The first-order valence-electron chi connectivity index (χ1n) is 20.7. The van der Waals surface area contributed by atoms with Gasteiger partial charge in [-0.15, -0.1) is 0 Å². The average molecular weight is 861 g/mol. The standard InChI is InChI=1S/C44H49N3O11S2/c1-44(2)34-25-36-28(7-5-15-45(36)19-21-59(52,53)54)23-32(34)40(33-24-29-8-6-16-46(20-22-60(55,56)57)37(29)26-35(33)44)30-9-3-4-10-31(30)42(50)47-17-13-27(14-18-47)43(51)58-41-38(48)11-12-39(41)49/h3-4,9-10,23-27,41H,5-8,11-22H2,1-2H3,(H-,52,53,54,55,56,57)/p+1. The molecule has 2 aliphatic carbocycles. The summed E-state index contributed by atoms with van der Waals surface area (Å²) in [7, 11) is -8.41. The number of carbonyl (C=O) groups excluding carboxylic acids is 4. The van der Waals surface area contributed by atoms with Gasteiger partial charge in [-0.05, 0) is 95.0 Å². The summed E-state index contributed by atoms with van der Waals surface area (Å²) >= 11 is 0. The van der Waals surface area contributed by atoms with E-state index in [1.807, 2.05) is 33.7 Å². The number of likely N-dealkylation sites (tertiary alicyclic amines) is 1. The van der Waals surface area contributed by atoms with Gasteiger partial charge in [-0.3, -0.25) is 28.3 Å². The fourth-order valence-electron chi connectivity index (χ4n) is 9.77. The van der Waals surface area contributed by atoms with Crippen LogP contribution in [0.2, 0.25) is 0 Å². The molecule has 1 saturated heterocycles. The number of aryl methyl sites for hydroxylation is 2. The molecule has 1 amide bonds. The summed E-state index contributed by atoms with van der Waals surface area (Å²) in [6, 6.07) is 16.1. The molecule has 0 spiro atoms. The van der Waals surface area contributed by atoms with Gasteiger partial charge in [0.1, 0.15) is 12.3 Å². The SMILES string of the molecule is CC1(C)c2cc3c(cc2C(c2ccccc2C(=O)N2CCC(C(=O)OC4C(=O)CCC4=O)CC2)=c2cc4c(cc21)=[N+](CCS(=O)(=O)O)CCC4)CCCN3CCS(=O)(=O)O. The number of fused-ring (bicyclic) bond motifs is 4. The number of nitrogens with zero attached hydrogens (tertiary/aromatic N) is 3. The molecule has 2 N–H and O–H groups in total. The third-order valence-electron chi connectivity index (χ3n) is 13.0. The number of hydrogen-bond donors (Lipinski definition) is 2. The van der Waals surface area contributed by atoms with Crippen LogP contribution in [-0.4, -0.2) is 111 Å². The highest BCUT2D eigenvalue weighted by atomic mass is 32.2.